The topological polar surface area (TPSA) is 87.2 Å². The largest absolute Gasteiger partial charge is 0.493 e. The molecule has 3 rings (SSSR count). The number of carbonyl (C=O) groups is 1. The van der Waals surface area contributed by atoms with E-state index in [0.717, 1.165) is 49.4 Å². The molecule has 33 heavy (non-hydrogen) atoms. The number of likely N-dealkylation sites (tertiary alicyclic amines) is 1. The second-order valence-electron chi connectivity index (χ2n) is 7.44. The average molecular weight is 567 g/mol. The van der Waals surface area contributed by atoms with E-state index < -0.39 is 0 Å². The standard InChI is InChI=1S/C24H33N5O3.HI/c1-4-25-23(27-20-11-12-21(32-5-2)22(16-20)31-3)26-17-18-9-8-10-19(15-18)28-24(30)29-13-6-7-14-29;/h8-12,15-16H,4-7,13-14,17H2,1-3H3,(H,28,30)(H2,25,26,27);1H. The fraction of sp³-hybridized carbons (Fsp3) is 0.417. The molecule has 2 aromatic rings. The summed E-state index contributed by atoms with van der Waals surface area (Å²) in [5.41, 5.74) is 2.63. The van der Waals surface area contributed by atoms with Gasteiger partial charge in [-0.2, -0.15) is 0 Å². The summed E-state index contributed by atoms with van der Waals surface area (Å²) in [5, 5.41) is 9.54. The predicted molar refractivity (Wildman–Crippen MR) is 144 cm³/mol. The Kier molecular flexibility index (Phi) is 11.1. The number of aliphatic imine (C=N–C) groups is 1. The molecule has 0 radical (unpaired) electrons. The minimum absolute atomic E-state index is 0. The Morgan fingerprint density at radius 2 is 1.79 bits per heavy atom. The lowest BCUT2D eigenvalue weighted by Crippen LogP contribution is -2.32. The predicted octanol–water partition coefficient (Wildman–Crippen LogP) is 4.92. The van der Waals surface area contributed by atoms with Gasteiger partial charge in [-0.1, -0.05) is 12.1 Å². The number of ether oxygens (including phenoxy) is 2. The summed E-state index contributed by atoms with van der Waals surface area (Å²) >= 11 is 0. The second-order valence-corrected chi connectivity index (χ2v) is 7.44. The molecule has 3 N–H and O–H groups in total. The first-order chi connectivity index (χ1) is 15.6. The molecule has 0 aromatic heterocycles. The number of nitrogens with zero attached hydrogens (tertiary/aromatic N) is 2. The molecule has 0 saturated carbocycles. The van der Waals surface area contributed by atoms with Crippen molar-refractivity contribution >= 4 is 47.3 Å². The summed E-state index contributed by atoms with van der Waals surface area (Å²) in [5.74, 6) is 2.02. The number of amides is 2. The normalized spacial score (nSPS) is 13.2. The van der Waals surface area contributed by atoms with Gasteiger partial charge in [0.25, 0.3) is 0 Å². The average Bonchev–Trinajstić information content (AvgIpc) is 3.34. The van der Waals surface area contributed by atoms with E-state index in [1.807, 2.05) is 61.2 Å². The van der Waals surface area contributed by atoms with Gasteiger partial charge in [-0.15, -0.1) is 24.0 Å². The van der Waals surface area contributed by atoms with Crippen molar-refractivity contribution in [2.24, 2.45) is 4.99 Å². The van der Waals surface area contributed by atoms with Crippen molar-refractivity contribution in [3.63, 3.8) is 0 Å². The first-order valence-electron chi connectivity index (χ1n) is 11.1. The molecule has 1 saturated heterocycles. The van der Waals surface area contributed by atoms with Crippen LogP contribution < -0.4 is 25.4 Å². The fourth-order valence-corrected chi connectivity index (χ4v) is 3.50. The molecule has 0 atom stereocenters. The second kappa shape index (κ2) is 13.8. The first-order valence-corrected chi connectivity index (χ1v) is 11.1. The van der Waals surface area contributed by atoms with Crippen LogP contribution in [0.25, 0.3) is 0 Å². The maximum absolute atomic E-state index is 12.3. The van der Waals surface area contributed by atoms with E-state index in [4.69, 9.17) is 14.5 Å². The summed E-state index contributed by atoms with van der Waals surface area (Å²) in [7, 11) is 1.62. The van der Waals surface area contributed by atoms with Crippen molar-refractivity contribution in [1.29, 1.82) is 0 Å². The van der Waals surface area contributed by atoms with Crippen LogP contribution in [0.5, 0.6) is 11.5 Å². The van der Waals surface area contributed by atoms with Gasteiger partial charge in [-0.05, 0) is 56.5 Å². The molecule has 2 aromatic carbocycles. The van der Waals surface area contributed by atoms with Gasteiger partial charge in [0.2, 0.25) is 0 Å². The van der Waals surface area contributed by atoms with Crippen LogP contribution in [0, 0.1) is 0 Å². The molecule has 0 aliphatic carbocycles. The van der Waals surface area contributed by atoms with Gasteiger partial charge in [-0.3, -0.25) is 0 Å². The third kappa shape index (κ3) is 7.99. The molecular weight excluding hydrogens is 533 g/mol. The minimum atomic E-state index is -0.0393. The Morgan fingerprint density at radius 1 is 1.03 bits per heavy atom. The minimum Gasteiger partial charge on any atom is -0.493 e. The quantitative estimate of drug-likeness (QED) is 0.240. The van der Waals surface area contributed by atoms with Crippen LogP contribution in [0.1, 0.15) is 32.3 Å². The monoisotopic (exact) mass is 567 g/mol. The highest BCUT2D eigenvalue weighted by Crippen LogP contribution is 2.30. The van der Waals surface area contributed by atoms with Crippen LogP contribution in [0.3, 0.4) is 0 Å². The van der Waals surface area contributed by atoms with Gasteiger partial charge in [0.1, 0.15) is 0 Å². The zero-order chi connectivity index (χ0) is 22.8. The number of hydrogen-bond donors (Lipinski definition) is 3. The number of rotatable bonds is 8. The lowest BCUT2D eigenvalue weighted by atomic mass is 10.2. The molecule has 0 spiro atoms. The molecular formula is C24H34IN5O3. The SMILES string of the molecule is CCNC(=NCc1cccc(NC(=O)N2CCCC2)c1)Nc1ccc(OCC)c(OC)c1.I. The summed E-state index contributed by atoms with van der Waals surface area (Å²) in [6.07, 6.45) is 2.14. The van der Waals surface area contributed by atoms with E-state index in [1.165, 1.54) is 0 Å². The highest BCUT2D eigenvalue weighted by Gasteiger charge is 2.17. The number of carbonyl (C=O) groups excluding carboxylic acids is 1. The summed E-state index contributed by atoms with van der Waals surface area (Å²) in [6.45, 7) is 7.38. The molecule has 2 amide bonds. The number of anilines is 2. The molecule has 1 heterocycles. The van der Waals surface area contributed by atoms with Crippen LogP contribution >= 0.6 is 24.0 Å². The first kappa shape index (κ1) is 26.6. The van der Waals surface area contributed by atoms with Crippen molar-refractivity contribution in [3.05, 3.63) is 48.0 Å². The summed E-state index contributed by atoms with van der Waals surface area (Å²) < 4.78 is 11.0. The van der Waals surface area contributed by atoms with E-state index >= 15 is 0 Å². The van der Waals surface area contributed by atoms with Crippen molar-refractivity contribution in [3.8, 4) is 11.5 Å². The zero-order valence-corrected chi connectivity index (χ0v) is 21.8. The molecule has 0 unspecified atom stereocenters. The lowest BCUT2D eigenvalue weighted by Gasteiger charge is -2.16. The van der Waals surface area contributed by atoms with Crippen LogP contribution in [0.2, 0.25) is 0 Å². The number of hydrogen-bond acceptors (Lipinski definition) is 4. The molecule has 9 heteroatoms. The molecule has 8 nitrogen and oxygen atoms in total. The van der Waals surface area contributed by atoms with Crippen molar-refractivity contribution < 1.29 is 14.3 Å². The van der Waals surface area contributed by atoms with E-state index in [-0.39, 0.29) is 30.0 Å². The Labute approximate surface area is 213 Å². The Morgan fingerprint density at radius 3 is 2.48 bits per heavy atom. The van der Waals surface area contributed by atoms with Gasteiger partial charge in [0.15, 0.2) is 17.5 Å². The lowest BCUT2D eigenvalue weighted by molar-refractivity contribution is 0.222. The Bertz CT molecular complexity index is 932. The highest BCUT2D eigenvalue weighted by atomic mass is 127. The maximum atomic E-state index is 12.3. The molecule has 1 aliphatic rings. The van der Waals surface area contributed by atoms with Gasteiger partial charge < -0.3 is 30.3 Å². The molecule has 180 valence electrons. The number of benzene rings is 2. The molecule has 1 fully saturated rings. The highest BCUT2D eigenvalue weighted by molar-refractivity contribution is 14.0. The number of nitrogens with one attached hydrogen (secondary N) is 3. The molecule has 1 aliphatic heterocycles. The zero-order valence-electron chi connectivity index (χ0n) is 19.5. The van der Waals surface area contributed by atoms with E-state index in [0.29, 0.717) is 30.6 Å². The number of guanidine groups is 1. The van der Waals surface area contributed by atoms with E-state index in [1.54, 1.807) is 7.11 Å². The maximum Gasteiger partial charge on any atom is 0.321 e. The van der Waals surface area contributed by atoms with E-state index in [9.17, 15) is 4.79 Å². The third-order valence-corrected chi connectivity index (χ3v) is 5.06. The summed E-state index contributed by atoms with van der Waals surface area (Å²) in [6, 6.07) is 13.4. The van der Waals surface area contributed by atoms with Gasteiger partial charge in [0, 0.05) is 37.1 Å². The van der Waals surface area contributed by atoms with Crippen LogP contribution in [-0.4, -0.2) is 50.2 Å². The van der Waals surface area contributed by atoms with Crippen molar-refractivity contribution in [2.75, 3.05) is 44.0 Å². The van der Waals surface area contributed by atoms with Crippen molar-refractivity contribution in [1.82, 2.24) is 10.2 Å². The van der Waals surface area contributed by atoms with Crippen LogP contribution in [0.4, 0.5) is 16.2 Å². The van der Waals surface area contributed by atoms with Gasteiger partial charge in [-0.25, -0.2) is 9.79 Å². The number of urea groups is 1. The number of methoxy groups -OCH3 is 1. The fourth-order valence-electron chi connectivity index (χ4n) is 3.50. The third-order valence-electron chi connectivity index (χ3n) is 5.06. The van der Waals surface area contributed by atoms with Crippen LogP contribution in [0.15, 0.2) is 47.5 Å². The number of halogens is 1. The van der Waals surface area contributed by atoms with Gasteiger partial charge >= 0.3 is 6.03 Å². The van der Waals surface area contributed by atoms with Crippen LogP contribution in [-0.2, 0) is 6.54 Å². The van der Waals surface area contributed by atoms with E-state index in [2.05, 4.69) is 16.0 Å². The Hall–Kier alpha value is -2.69. The Balaban J connectivity index is 0.00000385. The van der Waals surface area contributed by atoms with Gasteiger partial charge in [0.05, 0.1) is 20.3 Å². The smallest absolute Gasteiger partial charge is 0.321 e. The van der Waals surface area contributed by atoms with Crippen molar-refractivity contribution in [2.45, 2.75) is 33.2 Å². The molecule has 0 bridgehead atoms. The summed E-state index contributed by atoms with van der Waals surface area (Å²) in [4.78, 5) is 18.9.